The Morgan fingerprint density at radius 3 is 2.85 bits per heavy atom. The second kappa shape index (κ2) is 6.95. The van der Waals surface area contributed by atoms with Crippen LogP contribution in [0.5, 0.6) is 0 Å². The van der Waals surface area contributed by atoms with Gasteiger partial charge in [-0.05, 0) is 41.0 Å². The molecule has 0 saturated carbocycles. The van der Waals surface area contributed by atoms with Crippen LogP contribution in [0.2, 0.25) is 0 Å². The van der Waals surface area contributed by atoms with Crippen molar-refractivity contribution in [2.45, 2.75) is 25.8 Å². The first-order valence-corrected chi connectivity index (χ1v) is 7.27. The van der Waals surface area contributed by atoms with Gasteiger partial charge in [0.2, 0.25) is 0 Å². The van der Waals surface area contributed by atoms with Gasteiger partial charge in [-0.1, -0.05) is 6.92 Å². The predicted octanol–water partition coefficient (Wildman–Crippen LogP) is 3.73. The number of hydrogen-bond acceptors (Lipinski definition) is 2. The lowest BCUT2D eigenvalue weighted by Crippen LogP contribution is -2.26. The molecule has 6 heteroatoms. The summed E-state index contributed by atoms with van der Waals surface area (Å²) in [6, 6.07) is 2.39. The minimum atomic E-state index is -0.556. The number of nitrogens with one attached hydrogen (secondary N) is 2. The van der Waals surface area contributed by atoms with Crippen LogP contribution in [0.15, 0.2) is 29.0 Å². The van der Waals surface area contributed by atoms with Gasteiger partial charge in [-0.25, -0.2) is 13.8 Å². The second-order valence-corrected chi connectivity index (χ2v) is 5.36. The van der Waals surface area contributed by atoms with E-state index in [1.807, 2.05) is 6.92 Å². The Labute approximate surface area is 124 Å². The molecule has 108 valence electrons. The van der Waals surface area contributed by atoms with E-state index in [-0.39, 0.29) is 22.5 Å². The molecule has 1 heterocycles. The Bertz CT molecular complexity index is 558. The number of rotatable bonds is 6. The van der Waals surface area contributed by atoms with E-state index in [2.05, 4.69) is 31.2 Å². The molecule has 0 amide bonds. The summed E-state index contributed by atoms with van der Waals surface area (Å²) in [4.78, 5) is 7.16. The maximum absolute atomic E-state index is 14.0. The van der Waals surface area contributed by atoms with Crippen molar-refractivity contribution >= 4 is 15.9 Å². The van der Waals surface area contributed by atoms with Gasteiger partial charge in [-0.2, -0.15) is 0 Å². The molecule has 0 aliphatic carbocycles. The first-order valence-electron chi connectivity index (χ1n) is 6.48. The summed E-state index contributed by atoms with van der Waals surface area (Å²) in [5.41, 5.74) is 0.0596. The number of halogens is 3. The fourth-order valence-corrected chi connectivity index (χ4v) is 2.38. The average molecular weight is 344 g/mol. The van der Waals surface area contributed by atoms with Gasteiger partial charge >= 0.3 is 0 Å². The first-order chi connectivity index (χ1) is 9.63. The SMILES string of the molecule is CCCNC(Cc1c(F)ccc(Br)c1F)c1ncc[nH]1. The van der Waals surface area contributed by atoms with E-state index in [0.29, 0.717) is 5.82 Å². The minimum absolute atomic E-state index is 0.0596. The predicted molar refractivity (Wildman–Crippen MR) is 77.4 cm³/mol. The Hall–Kier alpha value is -1.27. The van der Waals surface area contributed by atoms with E-state index in [9.17, 15) is 8.78 Å². The molecule has 1 aromatic heterocycles. The summed E-state index contributed by atoms with van der Waals surface area (Å²) in [7, 11) is 0. The largest absolute Gasteiger partial charge is 0.347 e. The molecule has 0 bridgehead atoms. The van der Waals surface area contributed by atoms with Crippen molar-refractivity contribution in [2.75, 3.05) is 6.54 Å². The van der Waals surface area contributed by atoms with Gasteiger partial charge in [0.25, 0.3) is 0 Å². The molecule has 2 N–H and O–H groups in total. The van der Waals surface area contributed by atoms with E-state index >= 15 is 0 Å². The molecule has 3 nitrogen and oxygen atoms in total. The van der Waals surface area contributed by atoms with E-state index in [1.54, 1.807) is 12.4 Å². The van der Waals surface area contributed by atoms with Crippen LogP contribution in [-0.4, -0.2) is 16.5 Å². The van der Waals surface area contributed by atoms with Crippen molar-refractivity contribution in [1.82, 2.24) is 15.3 Å². The molecule has 0 spiro atoms. The monoisotopic (exact) mass is 343 g/mol. The molecular formula is C14H16BrF2N3. The zero-order valence-corrected chi connectivity index (χ0v) is 12.7. The Balaban J connectivity index is 2.26. The van der Waals surface area contributed by atoms with Gasteiger partial charge in [0, 0.05) is 24.4 Å². The molecule has 2 aromatic rings. The van der Waals surface area contributed by atoms with Crippen molar-refractivity contribution in [2.24, 2.45) is 0 Å². The number of nitrogens with zero attached hydrogens (tertiary/aromatic N) is 1. The quantitative estimate of drug-likeness (QED) is 0.784. The lowest BCUT2D eigenvalue weighted by atomic mass is 10.0. The summed E-state index contributed by atoms with van der Waals surface area (Å²) in [6.07, 6.45) is 4.46. The minimum Gasteiger partial charge on any atom is -0.347 e. The molecule has 0 fully saturated rings. The number of hydrogen-bond donors (Lipinski definition) is 2. The van der Waals surface area contributed by atoms with E-state index in [0.717, 1.165) is 13.0 Å². The van der Waals surface area contributed by atoms with Crippen molar-refractivity contribution in [3.8, 4) is 0 Å². The van der Waals surface area contributed by atoms with Gasteiger partial charge in [-0.15, -0.1) is 0 Å². The lowest BCUT2D eigenvalue weighted by Gasteiger charge is -2.17. The highest BCUT2D eigenvalue weighted by molar-refractivity contribution is 9.10. The molecule has 20 heavy (non-hydrogen) atoms. The number of imidazole rings is 1. The van der Waals surface area contributed by atoms with Crippen molar-refractivity contribution in [3.05, 3.63) is 52.0 Å². The summed E-state index contributed by atoms with van der Waals surface area (Å²) in [6.45, 7) is 2.79. The van der Waals surface area contributed by atoms with Crippen LogP contribution in [0, 0.1) is 11.6 Å². The fraction of sp³-hybridized carbons (Fsp3) is 0.357. The third-order valence-corrected chi connectivity index (χ3v) is 3.65. The van der Waals surface area contributed by atoms with Crippen LogP contribution in [0.25, 0.3) is 0 Å². The summed E-state index contributed by atoms with van der Waals surface area (Å²) >= 11 is 3.09. The van der Waals surface area contributed by atoms with Gasteiger partial charge < -0.3 is 10.3 Å². The summed E-state index contributed by atoms with van der Waals surface area (Å²) in [5, 5.41) is 3.25. The fourth-order valence-electron chi connectivity index (χ4n) is 2.01. The lowest BCUT2D eigenvalue weighted by molar-refractivity contribution is 0.475. The van der Waals surface area contributed by atoms with Gasteiger partial charge in [-0.3, -0.25) is 0 Å². The van der Waals surface area contributed by atoms with Gasteiger partial charge in [0.05, 0.1) is 10.5 Å². The van der Waals surface area contributed by atoms with E-state index < -0.39 is 11.6 Å². The van der Waals surface area contributed by atoms with Crippen LogP contribution in [0.1, 0.15) is 30.8 Å². The Morgan fingerprint density at radius 1 is 1.40 bits per heavy atom. The van der Waals surface area contributed by atoms with Crippen LogP contribution in [0.3, 0.4) is 0 Å². The van der Waals surface area contributed by atoms with Crippen LogP contribution >= 0.6 is 15.9 Å². The summed E-state index contributed by atoms with van der Waals surface area (Å²) < 4.78 is 28.1. The van der Waals surface area contributed by atoms with Crippen LogP contribution in [0.4, 0.5) is 8.78 Å². The first kappa shape index (κ1) is 15.1. The topological polar surface area (TPSA) is 40.7 Å². The summed E-state index contributed by atoms with van der Waals surface area (Å²) in [5.74, 6) is -0.419. The molecule has 0 aliphatic heterocycles. The highest BCUT2D eigenvalue weighted by Crippen LogP contribution is 2.25. The second-order valence-electron chi connectivity index (χ2n) is 4.51. The number of benzene rings is 1. The van der Waals surface area contributed by atoms with Gasteiger partial charge in [0.15, 0.2) is 0 Å². The van der Waals surface area contributed by atoms with Crippen LogP contribution < -0.4 is 5.32 Å². The molecule has 1 aromatic carbocycles. The maximum atomic E-state index is 14.0. The highest BCUT2D eigenvalue weighted by atomic mass is 79.9. The zero-order chi connectivity index (χ0) is 14.5. The third kappa shape index (κ3) is 3.43. The number of H-pyrrole nitrogens is 1. The Kier molecular flexibility index (Phi) is 5.25. The molecule has 0 radical (unpaired) electrons. The normalized spacial score (nSPS) is 12.6. The van der Waals surface area contributed by atoms with E-state index in [1.165, 1.54) is 12.1 Å². The molecular weight excluding hydrogens is 328 g/mol. The number of aromatic amines is 1. The van der Waals surface area contributed by atoms with Crippen molar-refractivity contribution in [1.29, 1.82) is 0 Å². The Morgan fingerprint density at radius 2 is 2.20 bits per heavy atom. The smallest absolute Gasteiger partial charge is 0.143 e. The highest BCUT2D eigenvalue weighted by Gasteiger charge is 2.20. The molecule has 1 atom stereocenters. The molecule has 0 saturated heterocycles. The third-order valence-electron chi connectivity index (χ3n) is 3.04. The number of aromatic nitrogens is 2. The van der Waals surface area contributed by atoms with Crippen LogP contribution in [-0.2, 0) is 6.42 Å². The molecule has 2 rings (SSSR count). The zero-order valence-electron chi connectivity index (χ0n) is 11.1. The van der Waals surface area contributed by atoms with Crippen molar-refractivity contribution in [3.63, 3.8) is 0 Å². The average Bonchev–Trinajstić information content (AvgIpc) is 2.96. The van der Waals surface area contributed by atoms with Crippen molar-refractivity contribution < 1.29 is 8.78 Å². The standard InChI is InChI=1S/C14H16BrF2N3/c1-2-5-18-12(14-19-6-7-20-14)8-9-11(16)4-3-10(15)13(9)17/h3-4,6-7,12,18H,2,5,8H2,1H3,(H,19,20). The molecule has 0 aliphatic rings. The van der Waals surface area contributed by atoms with E-state index in [4.69, 9.17) is 0 Å². The van der Waals surface area contributed by atoms with Gasteiger partial charge in [0.1, 0.15) is 17.5 Å². The maximum Gasteiger partial charge on any atom is 0.143 e. The molecule has 1 unspecified atom stereocenters.